The number of pyridine rings is 1. The van der Waals surface area contributed by atoms with Crippen LogP contribution in [0.5, 0.6) is 0 Å². The molecule has 1 saturated heterocycles. The summed E-state index contributed by atoms with van der Waals surface area (Å²) in [7, 11) is 0. The summed E-state index contributed by atoms with van der Waals surface area (Å²) in [6.07, 6.45) is 4.00. The van der Waals surface area contributed by atoms with Crippen LogP contribution in [0.3, 0.4) is 0 Å². The number of halogens is 1. The van der Waals surface area contributed by atoms with Gasteiger partial charge in [-0.3, -0.25) is 0 Å². The summed E-state index contributed by atoms with van der Waals surface area (Å²) >= 11 is 0. The summed E-state index contributed by atoms with van der Waals surface area (Å²) in [4.78, 5) is 6.61. The van der Waals surface area contributed by atoms with E-state index in [0.29, 0.717) is 6.04 Å². The molecule has 78 valence electrons. The number of rotatable bonds is 1. The molecule has 0 radical (unpaired) electrons. The molecule has 1 aromatic rings. The number of piperidine rings is 1. The molecule has 0 amide bonds. The van der Waals surface area contributed by atoms with Crippen LogP contribution in [0.1, 0.15) is 12.8 Å². The number of hydrogen-bond donors (Lipinski definition) is 1. The Kier molecular flexibility index (Phi) is 4.17. The van der Waals surface area contributed by atoms with E-state index in [0.717, 1.165) is 31.7 Å². The second-order valence-corrected chi connectivity index (χ2v) is 3.51. The fourth-order valence-electron chi connectivity index (χ4n) is 1.67. The van der Waals surface area contributed by atoms with Gasteiger partial charge in [-0.1, -0.05) is 6.07 Å². The molecule has 2 heterocycles. The summed E-state index contributed by atoms with van der Waals surface area (Å²) < 4.78 is 0. The summed E-state index contributed by atoms with van der Waals surface area (Å²) in [5.41, 5.74) is 5.83. The van der Waals surface area contributed by atoms with Crippen LogP contribution in [0.2, 0.25) is 0 Å². The highest BCUT2D eigenvalue weighted by Crippen LogP contribution is 2.15. The molecule has 0 saturated carbocycles. The second kappa shape index (κ2) is 5.17. The van der Waals surface area contributed by atoms with Crippen LogP contribution in [0.25, 0.3) is 0 Å². The Morgan fingerprint density at radius 3 is 2.57 bits per heavy atom. The first kappa shape index (κ1) is 11.3. The van der Waals surface area contributed by atoms with Crippen molar-refractivity contribution >= 4 is 18.2 Å². The van der Waals surface area contributed by atoms with E-state index in [1.54, 1.807) is 0 Å². The number of nitrogens with two attached hydrogens (primary N) is 1. The van der Waals surface area contributed by atoms with Crippen molar-refractivity contribution in [1.82, 2.24) is 4.98 Å². The van der Waals surface area contributed by atoms with E-state index in [2.05, 4.69) is 16.0 Å². The average molecular weight is 214 g/mol. The maximum atomic E-state index is 5.83. The predicted octanol–water partition coefficient (Wildman–Crippen LogP) is 1.43. The first-order valence-electron chi connectivity index (χ1n) is 4.78. The topological polar surface area (TPSA) is 42.1 Å². The Balaban J connectivity index is 0.000000980. The fraction of sp³-hybridized carbons (Fsp3) is 0.500. The molecule has 0 unspecified atom stereocenters. The molecule has 0 bridgehead atoms. The van der Waals surface area contributed by atoms with Crippen molar-refractivity contribution in [3.63, 3.8) is 0 Å². The molecular weight excluding hydrogens is 198 g/mol. The Labute approximate surface area is 90.7 Å². The largest absolute Gasteiger partial charge is 0.357 e. The Hall–Kier alpha value is -0.800. The van der Waals surface area contributed by atoms with Crippen LogP contribution in [-0.2, 0) is 0 Å². The standard InChI is InChI=1S/C10H15N3.ClH/c11-9-4-7-13(8-5-9)10-3-1-2-6-12-10;/h1-3,6,9H,4-5,7-8,11H2;1H. The fourth-order valence-corrected chi connectivity index (χ4v) is 1.67. The molecule has 1 fully saturated rings. The van der Waals surface area contributed by atoms with E-state index < -0.39 is 0 Å². The maximum absolute atomic E-state index is 5.83. The maximum Gasteiger partial charge on any atom is 0.128 e. The van der Waals surface area contributed by atoms with Crippen molar-refractivity contribution in [3.8, 4) is 0 Å². The average Bonchev–Trinajstić information content (AvgIpc) is 2.20. The lowest BCUT2D eigenvalue weighted by Crippen LogP contribution is -2.39. The Bertz CT molecular complexity index is 257. The van der Waals surface area contributed by atoms with Crippen molar-refractivity contribution in [2.24, 2.45) is 5.73 Å². The first-order valence-corrected chi connectivity index (χ1v) is 4.78. The van der Waals surface area contributed by atoms with Crippen LogP contribution < -0.4 is 10.6 Å². The molecule has 0 aliphatic carbocycles. The van der Waals surface area contributed by atoms with Gasteiger partial charge in [0.25, 0.3) is 0 Å². The summed E-state index contributed by atoms with van der Waals surface area (Å²) in [6, 6.07) is 6.41. The molecule has 0 aromatic carbocycles. The lowest BCUT2D eigenvalue weighted by Gasteiger charge is -2.30. The highest BCUT2D eigenvalue weighted by Gasteiger charge is 2.16. The number of nitrogens with zero attached hydrogens (tertiary/aromatic N) is 2. The van der Waals surface area contributed by atoms with Gasteiger partial charge in [0.2, 0.25) is 0 Å². The van der Waals surface area contributed by atoms with E-state index >= 15 is 0 Å². The van der Waals surface area contributed by atoms with Crippen LogP contribution in [0, 0.1) is 0 Å². The third kappa shape index (κ3) is 2.59. The first-order chi connectivity index (χ1) is 6.36. The van der Waals surface area contributed by atoms with Gasteiger partial charge in [-0.05, 0) is 25.0 Å². The molecule has 4 heteroatoms. The molecule has 2 rings (SSSR count). The zero-order valence-electron chi connectivity index (χ0n) is 8.10. The van der Waals surface area contributed by atoms with Crippen LogP contribution in [-0.4, -0.2) is 24.1 Å². The molecule has 0 atom stereocenters. The molecule has 0 spiro atoms. The van der Waals surface area contributed by atoms with Crippen molar-refractivity contribution in [1.29, 1.82) is 0 Å². The van der Waals surface area contributed by atoms with Crippen molar-refractivity contribution in [3.05, 3.63) is 24.4 Å². The zero-order valence-corrected chi connectivity index (χ0v) is 8.91. The van der Waals surface area contributed by atoms with E-state index in [4.69, 9.17) is 5.73 Å². The van der Waals surface area contributed by atoms with Crippen LogP contribution >= 0.6 is 12.4 Å². The summed E-state index contributed by atoms with van der Waals surface area (Å²) in [6.45, 7) is 2.08. The van der Waals surface area contributed by atoms with Gasteiger partial charge >= 0.3 is 0 Å². The lowest BCUT2D eigenvalue weighted by atomic mass is 10.1. The SMILES string of the molecule is Cl.NC1CCN(c2ccccn2)CC1. The monoisotopic (exact) mass is 213 g/mol. The van der Waals surface area contributed by atoms with Crippen LogP contribution in [0.15, 0.2) is 24.4 Å². The molecular formula is C10H16ClN3. The van der Waals surface area contributed by atoms with Gasteiger partial charge in [0.05, 0.1) is 0 Å². The summed E-state index contributed by atoms with van der Waals surface area (Å²) in [5, 5.41) is 0. The van der Waals surface area contributed by atoms with Gasteiger partial charge in [-0.2, -0.15) is 0 Å². The van der Waals surface area contributed by atoms with Gasteiger partial charge in [0, 0.05) is 25.3 Å². The molecule has 3 nitrogen and oxygen atoms in total. The van der Waals surface area contributed by atoms with Crippen molar-refractivity contribution in [2.45, 2.75) is 18.9 Å². The third-order valence-corrected chi connectivity index (χ3v) is 2.51. The van der Waals surface area contributed by atoms with Gasteiger partial charge in [0.15, 0.2) is 0 Å². The smallest absolute Gasteiger partial charge is 0.128 e. The summed E-state index contributed by atoms with van der Waals surface area (Å²) in [5.74, 6) is 1.08. The third-order valence-electron chi connectivity index (χ3n) is 2.51. The van der Waals surface area contributed by atoms with Gasteiger partial charge in [-0.15, -0.1) is 12.4 Å². The zero-order chi connectivity index (χ0) is 9.10. The minimum atomic E-state index is 0. The van der Waals surface area contributed by atoms with Crippen molar-refractivity contribution in [2.75, 3.05) is 18.0 Å². The number of hydrogen-bond acceptors (Lipinski definition) is 3. The van der Waals surface area contributed by atoms with E-state index in [-0.39, 0.29) is 12.4 Å². The number of anilines is 1. The molecule has 14 heavy (non-hydrogen) atoms. The Morgan fingerprint density at radius 1 is 1.29 bits per heavy atom. The molecule has 2 N–H and O–H groups in total. The molecule has 1 aliphatic heterocycles. The Morgan fingerprint density at radius 2 is 2.00 bits per heavy atom. The minimum Gasteiger partial charge on any atom is -0.357 e. The number of aromatic nitrogens is 1. The highest BCUT2D eigenvalue weighted by atomic mass is 35.5. The normalized spacial score (nSPS) is 17.6. The van der Waals surface area contributed by atoms with Gasteiger partial charge in [0.1, 0.15) is 5.82 Å². The predicted molar refractivity (Wildman–Crippen MR) is 60.9 cm³/mol. The molecule has 1 aliphatic rings. The highest BCUT2D eigenvalue weighted by molar-refractivity contribution is 5.85. The van der Waals surface area contributed by atoms with Crippen LogP contribution in [0.4, 0.5) is 5.82 Å². The minimum absolute atomic E-state index is 0. The van der Waals surface area contributed by atoms with E-state index in [1.165, 1.54) is 0 Å². The van der Waals surface area contributed by atoms with Gasteiger partial charge < -0.3 is 10.6 Å². The lowest BCUT2D eigenvalue weighted by molar-refractivity contribution is 0.498. The second-order valence-electron chi connectivity index (χ2n) is 3.51. The van der Waals surface area contributed by atoms with E-state index in [9.17, 15) is 0 Å². The van der Waals surface area contributed by atoms with Gasteiger partial charge in [-0.25, -0.2) is 4.98 Å². The van der Waals surface area contributed by atoms with E-state index in [1.807, 2.05) is 18.3 Å². The molecule has 1 aromatic heterocycles. The quantitative estimate of drug-likeness (QED) is 0.768. The van der Waals surface area contributed by atoms with Crippen molar-refractivity contribution < 1.29 is 0 Å².